The fourth-order valence-electron chi connectivity index (χ4n) is 3.59. The zero-order valence-corrected chi connectivity index (χ0v) is 17.9. The number of esters is 1. The summed E-state index contributed by atoms with van der Waals surface area (Å²) in [4.78, 5) is 63.6. The highest BCUT2D eigenvalue weighted by Crippen LogP contribution is 2.30. The fraction of sp³-hybridized carbons (Fsp3) is 0.115. The first kappa shape index (κ1) is 21.8. The number of nitrogens with zero attached hydrogens (tertiary/aromatic N) is 1. The fourth-order valence-corrected chi connectivity index (χ4v) is 3.59. The number of Topliss-reactive ketones (excluding diaryl/α,β-unsaturated/α-hetero) is 2. The van der Waals surface area contributed by atoms with E-state index in [9.17, 15) is 24.0 Å². The lowest BCUT2D eigenvalue weighted by molar-refractivity contribution is 0.0318. The number of anilines is 1. The topological polar surface area (TPSA) is 97.8 Å². The van der Waals surface area contributed by atoms with Crippen LogP contribution in [0.1, 0.15) is 65.6 Å². The molecule has 1 unspecified atom stereocenters. The van der Waals surface area contributed by atoms with Gasteiger partial charge in [0.25, 0.3) is 11.8 Å². The van der Waals surface area contributed by atoms with E-state index in [1.165, 1.54) is 38.1 Å². The number of rotatable bonds is 6. The second-order valence-corrected chi connectivity index (χ2v) is 7.59. The first-order valence-electron chi connectivity index (χ1n) is 10.2. The van der Waals surface area contributed by atoms with Gasteiger partial charge in [-0.15, -0.1) is 0 Å². The maximum absolute atomic E-state index is 13.0. The number of fused-ring (bicyclic) bond motifs is 1. The maximum Gasteiger partial charge on any atom is 0.338 e. The molecule has 0 spiro atoms. The van der Waals surface area contributed by atoms with Crippen molar-refractivity contribution >= 4 is 35.0 Å². The van der Waals surface area contributed by atoms with Crippen molar-refractivity contribution in [2.45, 2.75) is 20.0 Å². The first-order valence-corrected chi connectivity index (χ1v) is 10.2. The minimum Gasteiger partial charge on any atom is -0.451 e. The quantitative estimate of drug-likeness (QED) is 0.324. The van der Waals surface area contributed by atoms with Crippen LogP contribution in [0.3, 0.4) is 0 Å². The third kappa shape index (κ3) is 4.08. The Bertz CT molecular complexity index is 1310. The summed E-state index contributed by atoms with van der Waals surface area (Å²) in [6.07, 6.45) is -1.03. The zero-order chi connectivity index (χ0) is 23.7. The molecule has 0 radical (unpaired) electrons. The van der Waals surface area contributed by atoms with E-state index in [-0.39, 0.29) is 33.9 Å². The molecule has 164 valence electrons. The molecule has 0 aromatic heterocycles. The molecular weight excluding hydrogens is 422 g/mol. The predicted molar refractivity (Wildman–Crippen MR) is 120 cm³/mol. The number of carbonyl (C=O) groups is 5. The molecule has 33 heavy (non-hydrogen) atoms. The molecule has 1 heterocycles. The molecule has 0 fully saturated rings. The van der Waals surface area contributed by atoms with Gasteiger partial charge in [-0.05, 0) is 44.2 Å². The average Bonchev–Trinajstić information content (AvgIpc) is 3.08. The number of benzene rings is 3. The second kappa shape index (κ2) is 8.63. The standard InChI is InChI=1S/C26H19NO6/c1-15(28)18-9-6-10-20(13-18)27-24(30)21-12-11-19(14-22(21)25(27)31)26(32)33-16(2)23(29)17-7-4-3-5-8-17/h3-14,16H,1-2H3. The Kier molecular flexibility index (Phi) is 5.70. The Hall–Kier alpha value is -4.39. The Labute approximate surface area is 189 Å². The summed E-state index contributed by atoms with van der Waals surface area (Å²) in [5.41, 5.74) is 1.27. The van der Waals surface area contributed by atoms with Gasteiger partial charge in [-0.1, -0.05) is 42.5 Å². The minimum absolute atomic E-state index is 0.0435. The zero-order valence-electron chi connectivity index (χ0n) is 17.9. The molecule has 3 aromatic carbocycles. The number of ether oxygens (including phenoxy) is 1. The summed E-state index contributed by atoms with van der Waals surface area (Å²) in [6.45, 7) is 2.86. The van der Waals surface area contributed by atoms with Gasteiger partial charge in [0.2, 0.25) is 5.78 Å². The van der Waals surface area contributed by atoms with Gasteiger partial charge in [0.1, 0.15) is 0 Å². The van der Waals surface area contributed by atoms with Gasteiger partial charge in [-0.25, -0.2) is 9.69 Å². The van der Waals surface area contributed by atoms with Gasteiger partial charge >= 0.3 is 5.97 Å². The van der Waals surface area contributed by atoms with Gasteiger partial charge in [0, 0.05) is 11.1 Å². The molecule has 7 heteroatoms. The number of hydrogen-bond donors (Lipinski definition) is 0. The molecule has 1 atom stereocenters. The summed E-state index contributed by atoms with van der Waals surface area (Å²) in [5.74, 6) is -2.50. The molecule has 2 amide bonds. The molecule has 0 N–H and O–H groups in total. The van der Waals surface area contributed by atoms with Crippen LogP contribution in [0.5, 0.6) is 0 Å². The Morgan fingerprint density at radius 2 is 1.42 bits per heavy atom. The normalized spacial score (nSPS) is 13.5. The van der Waals surface area contributed by atoms with Crippen LogP contribution in [0.15, 0.2) is 72.8 Å². The number of ketones is 2. The molecule has 0 aliphatic carbocycles. The first-order chi connectivity index (χ1) is 15.8. The van der Waals surface area contributed by atoms with Crippen molar-refractivity contribution < 1.29 is 28.7 Å². The van der Waals surface area contributed by atoms with Gasteiger partial charge in [-0.3, -0.25) is 19.2 Å². The molecule has 1 aliphatic rings. The van der Waals surface area contributed by atoms with Gasteiger partial charge in [-0.2, -0.15) is 0 Å². The highest BCUT2D eigenvalue weighted by Gasteiger charge is 2.37. The lowest BCUT2D eigenvalue weighted by atomic mass is 10.1. The summed E-state index contributed by atoms with van der Waals surface area (Å²) < 4.78 is 5.29. The van der Waals surface area contributed by atoms with E-state index in [1.54, 1.807) is 48.5 Å². The van der Waals surface area contributed by atoms with Crippen LogP contribution in [0.25, 0.3) is 0 Å². The minimum atomic E-state index is -1.03. The molecule has 3 aromatic rings. The van der Waals surface area contributed by atoms with Crippen LogP contribution < -0.4 is 4.90 Å². The number of imide groups is 1. The summed E-state index contributed by atoms with van der Waals surface area (Å²) in [7, 11) is 0. The van der Waals surface area contributed by atoms with Crippen molar-refractivity contribution in [1.29, 1.82) is 0 Å². The number of amides is 2. The molecule has 1 aliphatic heterocycles. The van der Waals surface area contributed by atoms with Crippen molar-refractivity contribution in [2.24, 2.45) is 0 Å². The predicted octanol–water partition coefficient (Wildman–Crippen LogP) is 4.12. The molecule has 7 nitrogen and oxygen atoms in total. The van der Waals surface area contributed by atoms with Gasteiger partial charge in [0.05, 0.1) is 22.4 Å². The average molecular weight is 441 g/mol. The highest BCUT2D eigenvalue weighted by atomic mass is 16.5. The number of carbonyl (C=O) groups excluding carboxylic acids is 5. The molecule has 4 rings (SSSR count). The van der Waals surface area contributed by atoms with Crippen LogP contribution in [0.4, 0.5) is 5.69 Å². The van der Waals surface area contributed by atoms with Crippen LogP contribution in [-0.4, -0.2) is 35.5 Å². The number of hydrogen-bond acceptors (Lipinski definition) is 6. The van der Waals surface area contributed by atoms with Crippen molar-refractivity contribution in [3.63, 3.8) is 0 Å². The highest BCUT2D eigenvalue weighted by molar-refractivity contribution is 6.34. The van der Waals surface area contributed by atoms with Gasteiger partial charge in [0.15, 0.2) is 11.9 Å². The van der Waals surface area contributed by atoms with E-state index in [4.69, 9.17) is 4.74 Å². The van der Waals surface area contributed by atoms with Crippen molar-refractivity contribution in [3.8, 4) is 0 Å². The maximum atomic E-state index is 13.0. The lowest BCUT2D eigenvalue weighted by Gasteiger charge is -2.14. The third-order valence-corrected chi connectivity index (χ3v) is 5.34. The van der Waals surface area contributed by atoms with E-state index in [0.717, 1.165) is 4.90 Å². The second-order valence-electron chi connectivity index (χ2n) is 7.59. The molecule has 0 saturated carbocycles. The van der Waals surface area contributed by atoms with Gasteiger partial charge < -0.3 is 4.74 Å². The molecule has 0 saturated heterocycles. The Morgan fingerprint density at radius 3 is 2.12 bits per heavy atom. The van der Waals surface area contributed by atoms with Crippen LogP contribution in [-0.2, 0) is 4.74 Å². The van der Waals surface area contributed by atoms with Crippen LogP contribution >= 0.6 is 0 Å². The summed E-state index contributed by atoms with van der Waals surface area (Å²) >= 11 is 0. The lowest BCUT2D eigenvalue weighted by Crippen LogP contribution is -2.29. The molecule has 0 bridgehead atoms. The van der Waals surface area contributed by atoms with E-state index in [0.29, 0.717) is 11.1 Å². The molecular formula is C26H19NO6. The van der Waals surface area contributed by atoms with Crippen molar-refractivity contribution in [3.05, 3.63) is 101 Å². The monoisotopic (exact) mass is 441 g/mol. The van der Waals surface area contributed by atoms with E-state index < -0.39 is 23.9 Å². The van der Waals surface area contributed by atoms with E-state index in [1.807, 2.05) is 0 Å². The summed E-state index contributed by atoms with van der Waals surface area (Å²) in [6, 6.07) is 18.7. The summed E-state index contributed by atoms with van der Waals surface area (Å²) in [5, 5.41) is 0. The van der Waals surface area contributed by atoms with E-state index in [2.05, 4.69) is 0 Å². The van der Waals surface area contributed by atoms with E-state index >= 15 is 0 Å². The Morgan fingerprint density at radius 1 is 0.758 bits per heavy atom. The SMILES string of the molecule is CC(=O)c1cccc(N2C(=O)c3ccc(C(=O)OC(C)C(=O)c4ccccc4)cc3C2=O)c1. The largest absolute Gasteiger partial charge is 0.451 e. The van der Waals surface area contributed by atoms with Crippen LogP contribution in [0, 0.1) is 0 Å². The van der Waals surface area contributed by atoms with Crippen molar-refractivity contribution in [1.82, 2.24) is 0 Å². The third-order valence-electron chi connectivity index (χ3n) is 5.34. The Balaban J connectivity index is 1.56. The van der Waals surface area contributed by atoms with Crippen LogP contribution in [0.2, 0.25) is 0 Å². The van der Waals surface area contributed by atoms with Crippen molar-refractivity contribution in [2.75, 3.05) is 4.90 Å². The smallest absolute Gasteiger partial charge is 0.338 e.